The average molecular weight is 234 g/mol. The van der Waals surface area contributed by atoms with Gasteiger partial charge in [-0.15, -0.1) is 0 Å². The molecule has 2 bridgehead atoms. The monoisotopic (exact) mass is 234 g/mol. The summed E-state index contributed by atoms with van der Waals surface area (Å²) in [5.41, 5.74) is 2.15. The number of hydrogen-bond acceptors (Lipinski definition) is 1. The number of aliphatic carboxylic acids is 1. The lowest BCUT2D eigenvalue weighted by Crippen LogP contribution is -2.26. The molecule has 3 unspecified atom stereocenters. The van der Waals surface area contributed by atoms with Gasteiger partial charge in [-0.05, 0) is 56.3 Å². The molecule has 17 heavy (non-hydrogen) atoms. The number of carboxylic acid groups (broad SMARTS) is 1. The molecule has 0 amide bonds. The van der Waals surface area contributed by atoms with Crippen LogP contribution in [-0.4, -0.2) is 11.1 Å². The third-order valence-electron chi connectivity index (χ3n) is 5.01. The smallest absolute Gasteiger partial charge is 0.330 e. The Hall–Kier alpha value is -1.05. The van der Waals surface area contributed by atoms with Gasteiger partial charge in [0.25, 0.3) is 0 Å². The van der Waals surface area contributed by atoms with Crippen molar-refractivity contribution in [3.05, 3.63) is 23.8 Å². The van der Waals surface area contributed by atoms with Gasteiger partial charge in [-0.1, -0.05) is 25.2 Å². The summed E-state index contributed by atoms with van der Waals surface area (Å²) >= 11 is 0. The van der Waals surface area contributed by atoms with Gasteiger partial charge in [0, 0.05) is 5.57 Å². The molecule has 2 aliphatic rings. The predicted molar refractivity (Wildman–Crippen MR) is 68.7 cm³/mol. The average Bonchev–Trinajstić information content (AvgIpc) is 2.83. The molecular formula is C15H22O2. The van der Waals surface area contributed by atoms with E-state index in [2.05, 4.69) is 13.5 Å². The Morgan fingerprint density at radius 1 is 1.59 bits per heavy atom. The van der Waals surface area contributed by atoms with Crippen molar-refractivity contribution in [1.82, 2.24) is 0 Å². The quantitative estimate of drug-likeness (QED) is 0.593. The van der Waals surface area contributed by atoms with Crippen molar-refractivity contribution >= 4 is 5.97 Å². The number of carbonyl (C=O) groups is 1. The van der Waals surface area contributed by atoms with E-state index in [0.29, 0.717) is 5.57 Å². The van der Waals surface area contributed by atoms with Crippen molar-refractivity contribution in [1.29, 1.82) is 0 Å². The summed E-state index contributed by atoms with van der Waals surface area (Å²) in [5, 5.41) is 8.81. The zero-order chi connectivity index (χ0) is 12.6. The highest BCUT2D eigenvalue weighted by molar-refractivity contribution is 5.85. The highest BCUT2D eigenvalue weighted by atomic mass is 16.4. The van der Waals surface area contributed by atoms with Gasteiger partial charge >= 0.3 is 5.97 Å². The highest BCUT2D eigenvalue weighted by Gasteiger charge is 2.49. The Bertz CT molecular complexity index is 380. The number of rotatable bonds is 4. The summed E-state index contributed by atoms with van der Waals surface area (Å²) in [5.74, 6) is 0.731. The maximum absolute atomic E-state index is 10.7. The van der Waals surface area contributed by atoms with E-state index in [-0.39, 0.29) is 5.41 Å². The molecular weight excluding hydrogens is 212 g/mol. The molecule has 2 nitrogen and oxygen atoms in total. The summed E-state index contributed by atoms with van der Waals surface area (Å²) in [6, 6.07) is 0. The normalized spacial score (nSPS) is 36.6. The third-order valence-corrected chi connectivity index (χ3v) is 5.01. The maximum Gasteiger partial charge on any atom is 0.330 e. The molecule has 3 atom stereocenters. The standard InChI is InChI=1S/C15H22O2/c1-10(14(16)17)5-4-8-15(3)11(2)12-6-7-13(15)9-12/h5,12-13H,2,4,6-9H2,1,3H3,(H,16,17)/b10-5-. The predicted octanol–water partition coefficient (Wildman–Crippen LogP) is 3.79. The Morgan fingerprint density at radius 2 is 2.29 bits per heavy atom. The lowest BCUT2D eigenvalue weighted by atomic mass is 9.69. The minimum Gasteiger partial charge on any atom is -0.478 e. The van der Waals surface area contributed by atoms with Gasteiger partial charge in [-0.25, -0.2) is 4.79 Å². The van der Waals surface area contributed by atoms with Crippen LogP contribution in [0, 0.1) is 17.3 Å². The largest absolute Gasteiger partial charge is 0.478 e. The molecule has 0 aromatic carbocycles. The fourth-order valence-corrected chi connectivity index (χ4v) is 3.65. The zero-order valence-electron chi connectivity index (χ0n) is 10.8. The van der Waals surface area contributed by atoms with Crippen molar-refractivity contribution in [3.8, 4) is 0 Å². The van der Waals surface area contributed by atoms with Gasteiger partial charge in [0.15, 0.2) is 0 Å². The van der Waals surface area contributed by atoms with Crippen molar-refractivity contribution in [2.24, 2.45) is 17.3 Å². The van der Waals surface area contributed by atoms with E-state index < -0.39 is 5.97 Å². The molecule has 0 aromatic rings. The van der Waals surface area contributed by atoms with Crippen LogP contribution in [0.4, 0.5) is 0 Å². The number of hydrogen-bond donors (Lipinski definition) is 1. The fraction of sp³-hybridized carbons (Fsp3) is 0.667. The highest BCUT2D eigenvalue weighted by Crippen LogP contribution is 2.60. The number of fused-ring (bicyclic) bond motifs is 2. The summed E-state index contributed by atoms with van der Waals surface area (Å²) in [7, 11) is 0. The molecule has 0 heterocycles. The van der Waals surface area contributed by atoms with E-state index >= 15 is 0 Å². The Morgan fingerprint density at radius 3 is 2.82 bits per heavy atom. The van der Waals surface area contributed by atoms with Crippen molar-refractivity contribution in [3.63, 3.8) is 0 Å². The first-order valence-electron chi connectivity index (χ1n) is 6.54. The SMILES string of the molecule is C=C1C2CCC(C2)C1(C)CC/C=C(/C)C(=O)O. The molecule has 2 heteroatoms. The minimum absolute atomic E-state index is 0.262. The lowest BCUT2D eigenvalue weighted by molar-refractivity contribution is -0.132. The van der Waals surface area contributed by atoms with Crippen LogP contribution in [0.2, 0.25) is 0 Å². The molecule has 2 rings (SSSR count). The van der Waals surface area contributed by atoms with Crippen LogP contribution in [0.25, 0.3) is 0 Å². The minimum atomic E-state index is -0.804. The second-order valence-corrected chi connectivity index (χ2v) is 5.88. The summed E-state index contributed by atoms with van der Waals surface area (Å²) < 4.78 is 0. The Kier molecular flexibility index (Phi) is 3.15. The van der Waals surface area contributed by atoms with Gasteiger partial charge in [0.1, 0.15) is 0 Å². The van der Waals surface area contributed by atoms with Crippen LogP contribution in [0.3, 0.4) is 0 Å². The molecule has 0 aliphatic heterocycles. The van der Waals surface area contributed by atoms with Crippen molar-refractivity contribution in [2.45, 2.75) is 46.0 Å². The van der Waals surface area contributed by atoms with Crippen LogP contribution in [0.1, 0.15) is 46.0 Å². The first-order valence-corrected chi connectivity index (χ1v) is 6.54. The van der Waals surface area contributed by atoms with Crippen LogP contribution in [0.15, 0.2) is 23.8 Å². The molecule has 0 spiro atoms. The second-order valence-electron chi connectivity index (χ2n) is 5.88. The summed E-state index contributed by atoms with van der Waals surface area (Å²) in [4.78, 5) is 10.7. The number of carboxylic acids is 1. The molecule has 0 radical (unpaired) electrons. The molecule has 0 saturated heterocycles. The van der Waals surface area contributed by atoms with Crippen LogP contribution >= 0.6 is 0 Å². The molecule has 2 fully saturated rings. The molecule has 0 aromatic heterocycles. The van der Waals surface area contributed by atoms with Crippen molar-refractivity contribution in [2.75, 3.05) is 0 Å². The first-order chi connectivity index (χ1) is 7.95. The molecule has 94 valence electrons. The topological polar surface area (TPSA) is 37.3 Å². The lowest BCUT2D eigenvalue weighted by Gasteiger charge is -2.36. The van der Waals surface area contributed by atoms with E-state index in [1.54, 1.807) is 6.92 Å². The molecule has 2 aliphatic carbocycles. The van der Waals surface area contributed by atoms with E-state index in [9.17, 15) is 4.79 Å². The zero-order valence-corrected chi connectivity index (χ0v) is 10.8. The Labute approximate surface area is 103 Å². The summed E-state index contributed by atoms with van der Waals surface area (Å²) in [6.45, 7) is 8.28. The van der Waals surface area contributed by atoms with E-state index in [4.69, 9.17) is 5.11 Å². The van der Waals surface area contributed by atoms with Gasteiger partial charge in [-0.2, -0.15) is 0 Å². The molecule has 1 N–H and O–H groups in total. The van der Waals surface area contributed by atoms with Crippen LogP contribution in [-0.2, 0) is 4.79 Å². The van der Waals surface area contributed by atoms with E-state index in [1.807, 2.05) is 6.08 Å². The van der Waals surface area contributed by atoms with Gasteiger partial charge in [0.05, 0.1) is 0 Å². The van der Waals surface area contributed by atoms with E-state index in [0.717, 1.165) is 24.7 Å². The van der Waals surface area contributed by atoms with Gasteiger partial charge < -0.3 is 5.11 Å². The van der Waals surface area contributed by atoms with Crippen molar-refractivity contribution < 1.29 is 9.90 Å². The van der Waals surface area contributed by atoms with Crippen LogP contribution < -0.4 is 0 Å². The summed E-state index contributed by atoms with van der Waals surface area (Å²) in [6.07, 6.45) is 7.74. The van der Waals surface area contributed by atoms with Gasteiger partial charge in [-0.3, -0.25) is 0 Å². The second kappa shape index (κ2) is 4.32. The van der Waals surface area contributed by atoms with Gasteiger partial charge in [0.2, 0.25) is 0 Å². The van der Waals surface area contributed by atoms with Crippen LogP contribution in [0.5, 0.6) is 0 Å². The fourth-order valence-electron chi connectivity index (χ4n) is 3.65. The van der Waals surface area contributed by atoms with E-state index in [1.165, 1.54) is 24.8 Å². The Balaban J connectivity index is 1.97. The maximum atomic E-state index is 10.7. The first kappa shape index (κ1) is 12.4. The number of allylic oxidation sites excluding steroid dienone is 2. The third kappa shape index (κ3) is 2.05. The molecule has 2 saturated carbocycles.